The van der Waals surface area contributed by atoms with Gasteiger partial charge in [0.2, 0.25) is 0 Å². The molecular formula is C17H18N2O3S. The highest BCUT2D eigenvalue weighted by Gasteiger charge is 2.10. The van der Waals surface area contributed by atoms with Crippen LogP contribution in [-0.4, -0.2) is 22.7 Å². The summed E-state index contributed by atoms with van der Waals surface area (Å²) in [5, 5.41) is 15.3. The number of hydrogen-bond acceptors (Lipinski definition) is 4. The number of aromatic hydroxyl groups is 1. The summed E-state index contributed by atoms with van der Waals surface area (Å²) in [7, 11) is 0. The van der Waals surface area contributed by atoms with Crippen molar-refractivity contribution in [2.45, 2.75) is 13.8 Å². The lowest BCUT2D eigenvalue weighted by molar-refractivity contribution is 0.0977. The van der Waals surface area contributed by atoms with Crippen molar-refractivity contribution in [3.8, 4) is 11.5 Å². The summed E-state index contributed by atoms with van der Waals surface area (Å²) < 4.78 is 5.36. The summed E-state index contributed by atoms with van der Waals surface area (Å²) in [5.41, 5.74) is 1.80. The second kappa shape index (κ2) is 7.60. The zero-order valence-corrected chi connectivity index (χ0v) is 13.7. The number of thiocarbonyl (C=S) groups is 1. The minimum absolute atomic E-state index is 0.0694. The number of rotatable bonds is 4. The Morgan fingerprint density at radius 2 is 2.04 bits per heavy atom. The summed E-state index contributed by atoms with van der Waals surface area (Å²) in [6, 6.07) is 12.0. The van der Waals surface area contributed by atoms with E-state index >= 15 is 0 Å². The molecule has 23 heavy (non-hydrogen) atoms. The molecule has 0 unspecified atom stereocenters. The van der Waals surface area contributed by atoms with Crippen LogP contribution >= 0.6 is 12.2 Å². The van der Waals surface area contributed by atoms with E-state index in [2.05, 4.69) is 10.6 Å². The summed E-state index contributed by atoms with van der Waals surface area (Å²) >= 11 is 5.10. The van der Waals surface area contributed by atoms with E-state index in [0.717, 1.165) is 5.56 Å². The quantitative estimate of drug-likeness (QED) is 0.593. The first-order valence-electron chi connectivity index (χ1n) is 7.14. The van der Waals surface area contributed by atoms with Crippen LogP contribution in [0.4, 0.5) is 5.69 Å². The predicted molar refractivity (Wildman–Crippen MR) is 94.1 cm³/mol. The molecular weight excluding hydrogens is 312 g/mol. The summed E-state index contributed by atoms with van der Waals surface area (Å²) in [5.74, 6) is 0.339. The van der Waals surface area contributed by atoms with Gasteiger partial charge < -0.3 is 15.2 Å². The molecule has 0 aliphatic carbocycles. The van der Waals surface area contributed by atoms with Crippen LogP contribution in [0.15, 0.2) is 42.5 Å². The van der Waals surface area contributed by atoms with Crippen molar-refractivity contribution in [1.29, 1.82) is 0 Å². The largest absolute Gasteiger partial charge is 0.506 e. The van der Waals surface area contributed by atoms with E-state index in [9.17, 15) is 9.90 Å². The number of phenols is 1. The first-order valence-corrected chi connectivity index (χ1v) is 7.55. The van der Waals surface area contributed by atoms with E-state index in [0.29, 0.717) is 23.6 Å². The second-order valence-corrected chi connectivity index (χ2v) is 5.30. The van der Waals surface area contributed by atoms with Crippen LogP contribution in [0.1, 0.15) is 22.8 Å². The van der Waals surface area contributed by atoms with Gasteiger partial charge in [0, 0.05) is 5.56 Å². The normalized spacial score (nSPS) is 10.0. The van der Waals surface area contributed by atoms with Gasteiger partial charge in [-0.05, 0) is 62.0 Å². The molecule has 0 atom stereocenters. The fraction of sp³-hybridized carbons (Fsp3) is 0.176. The summed E-state index contributed by atoms with van der Waals surface area (Å²) in [6.07, 6.45) is 0. The molecule has 2 aromatic carbocycles. The van der Waals surface area contributed by atoms with Crippen molar-refractivity contribution in [2.75, 3.05) is 11.9 Å². The third kappa shape index (κ3) is 4.69. The van der Waals surface area contributed by atoms with Crippen LogP contribution in [0.2, 0.25) is 0 Å². The molecule has 0 saturated heterocycles. The molecule has 0 spiro atoms. The van der Waals surface area contributed by atoms with Gasteiger partial charge in [-0.2, -0.15) is 0 Å². The molecule has 0 saturated carbocycles. The lowest BCUT2D eigenvalue weighted by Crippen LogP contribution is -2.34. The van der Waals surface area contributed by atoms with E-state index in [-0.39, 0.29) is 16.8 Å². The van der Waals surface area contributed by atoms with Crippen LogP contribution in [-0.2, 0) is 0 Å². The molecule has 6 heteroatoms. The van der Waals surface area contributed by atoms with Gasteiger partial charge in [-0.3, -0.25) is 10.1 Å². The number of benzene rings is 2. The first-order chi connectivity index (χ1) is 11.0. The Hall–Kier alpha value is -2.60. The van der Waals surface area contributed by atoms with Crippen LogP contribution in [0.3, 0.4) is 0 Å². The highest BCUT2D eigenvalue weighted by molar-refractivity contribution is 7.80. The van der Waals surface area contributed by atoms with Crippen LogP contribution in [0, 0.1) is 6.92 Å². The van der Waals surface area contributed by atoms with Crippen molar-refractivity contribution >= 4 is 28.9 Å². The monoisotopic (exact) mass is 330 g/mol. The molecule has 0 heterocycles. The number of aryl methyl sites for hydroxylation is 1. The maximum atomic E-state index is 12.2. The average Bonchev–Trinajstić information content (AvgIpc) is 2.51. The molecule has 1 amide bonds. The number of carbonyl (C=O) groups excluding carboxylic acids is 1. The van der Waals surface area contributed by atoms with E-state index in [1.165, 1.54) is 0 Å². The van der Waals surface area contributed by atoms with E-state index < -0.39 is 0 Å². The standard InChI is InChI=1S/C17H18N2O3S/c1-3-22-13-6-4-5-12(10-13)16(21)19-17(23)18-14-8-7-11(2)9-15(14)20/h4-10,20H,3H2,1-2H3,(H2,18,19,21,23). The smallest absolute Gasteiger partial charge is 0.257 e. The Bertz CT molecular complexity index is 732. The second-order valence-electron chi connectivity index (χ2n) is 4.89. The lowest BCUT2D eigenvalue weighted by Gasteiger charge is -2.12. The average molecular weight is 330 g/mol. The predicted octanol–water partition coefficient (Wildman–Crippen LogP) is 3.23. The van der Waals surface area contributed by atoms with Crippen molar-refractivity contribution in [3.05, 3.63) is 53.6 Å². The molecule has 3 N–H and O–H groups in total. The third-order valence-corrected chi connectivity index (χ3v) is 3.24. The van der Waals surface area contributed by atoms with Crippen molar-refractivity contribution in [3.63, 3.8) is 0 Å². The van der Waals surface area contributed by atoms with E-state index in [1.807, 2.05) is 19.9 Å². The Balaban J connectivity index is 2.02. The number of amides is 1. The van der Waals surface area contributed by atoms with Gasteiger partial charge in [0.05, 0.1) is 12.3 Å². The van der Waals surface area contributed by atoms with Gasteiger partial charge in [0.1, 0.15) is 11.5 Å². The maximum Gasteiger partial charge on any atom is 0.257 e. The highest BCUT2D eigenvalue weighted by atomic mass is 32.1. The first kappa shape index (κ1) is 16.8. The summed E-state index contributed by atoms with van der Waals surface area (Å²) in [6.45, 7) is 4.27. The zero-order chi connectivity index (χ0) is 16.8. The fourth-order valence-corrected chi connectivity index (χ4v) is 2.17. The molecule has 0 fully saturated rings. The molecule has 0 bridgehead atoms. The van der Waals surface area contributed by atoms with Crippen LogP contribution in [0.25, 0.3) is 0 Å². The van der Waals surface area contributed by atoms with Gasteiger partial charge in [-0.1, -0.05) is 12.1 Å². The van der Waals surface area contributed by atoms with Gasteiger partial charge in [-0.15, -0.1) is 0 Å². The molecule has 0 aliphatic rings. The Morgan fingerprint density at radius 1 is 1.26 bits per heavy atom. The SMILES string of the molecule is CCOc1cccc(C(=O)NC(=S)Nc2ccc(C)cc2O)c1. The number of carbonyl (C=O) groups is 1. The van der Waals surface area contributed by atoms with Crippen LogP contribution in [0.5, 0.6) is 11.5 Å². The molecule has 0 aromatic heterocycles. The van der Waals surface area contributed by atoms with Crippen molar-refractivity contribution in [1.82, 2.24) is 5.32 Å². The number of phenolic OH excluding ortho intramolecular Hbond substituents is 1. The lowest BCUT2D eigenvalue weighted by atomic mass is 10.2. The minimum atomic E-state index is -0.351. The molecule has 5 nitrogen and oxygen atoms in total. The van der Waals surface area contributed by atoms with Crippen molar-refractivity contribution in [2.24, 2.45) is 0 Å². The maximum absolute atomic E-state index is 12.2. The zero-order valence-electron chi connectivity index (χ0n) is 12.9. The summed E-state index contributed by atoms with van der Waals surface area (Å²) in [4.78, 5) is 12.2. The molecule has 2 aromatic rings. The number of nitrogens with one attached hydrogen (secondary N) is 2. The topological polar surface area (TPSA) is 70.6 Å². The van der Waals surface area contributed by atoms with E-state index in [1.54, 1.807) is 36.4 Å². The van der Waals surface area contributed by atoms with E-state index in [4.69, 9.17) is 17.0 Å². The van der Waals surface area contributed by atoms with Crippen LogP contribution < -0.4 is 15.4 Å². The van der Waals surface area contributed by atoms with Gasteiger partial charge in [-0.25, -0.2) is 0 Å². The number of anilines is 1. The molecule has 0 radical (unpaired) electrons. The number of hydrogen-bond donors (Lipinski definition) is 3. The Labute approximate surface area is 140 Å². The minimum Gasteiger partial charge on any atom is -0.506 e. The third-order valence-electron chi connectivity index (χ3n) is 3.04. The molecule has 2 rings (SSSR count). The molecule has 120 valence electrons. The Morgan fingerprint density at radius 3 is 2.74 bits per heavy atom. The number of ether oxygens (including phenoxy) is 1. The van der Waals surface area contributed by atoms with Gasteiger partial charge in [0.25, 0.3) is 5.91 Å². The Kier molecular flexibility index (Phi) is 5.54. The van der Waals surface area contributed by atoms with Gasteiger partial charge in [0.15, 0.2) is 5.11 Å². The van der Waals surface area contributed by atoms with Gasteiger partial charge >= 0.3 is 0 Å². The highest BCUT2D eigenvalue weighted by Crippen LogP contribution is 2.23. The molecule has 0 aliphatic heterocycles. The van der Waals surface area contributed by atoms with Crippen molar-refractivity contribution < 1.29 is 14.6 Å². The fourth-order valence-electron chi connectivity index (χ4n) is 1.97.